The van der Waals surface area contributed by atoms with E-state index in [4.69, 9.17) is 10.5 Å². The van der Waals surface area contributed by atoms with Crippen molar-refractivity contribution in [2.75, 3.05) is 19.7 Å². The van der Waals surface area contributed by atoms with Crippen molar-refractivity contribution in [1.82, 2.24) is 5.32 Å². The van der Waals surface area contributed by atoms with E-state index in [1.165, 1.54) is 0 Å². The van der Waals surface area contributed by atoms with Crippen LogP contribution in [0, 0.1) is 6.92 Å². The van der Waals surface area contributed by atoms with Gasteiger partial charge < -0.3 is 15.8 Å². The van der Waals surface area contributed by atoms with Gasteiger partial charge in [-0.1, -0.05) is 12.1 Å². The predicted octanol–water partition coefficient (Wildman–Crippen LogP) is 2.68. The number of carbonyl (C=O) groups excluding carboxylic acids is 1. The number of nitrogens with two attached hydrogens (primary N) is 1. The van der Waals surface area contributed by atoms with Crippen molar-refractivity contribution in [2.24, 2.45) is 5.73 Å². The Balaban J connectivity index is 0.00000441. The third kappa shape index (κ3) is 8.79. The van der Waals surface area contributed by atoms with E-state index < -0.39 is 24.9 Å². The topological polar surface area (TPSA) is 64.3 Å². The molecule has 0 aromatic heterocycles. The normalized spacial score (nSPS) is 10.7. The van der Waals surface area contributed by atoms with Crippen molar-refractivity contribution in [3.63, 3.8) is 0 Å². The molecule has 0 aliphatic carbocycles. The van der Waals surface area contributed by atoms with Crippen molar-refractivity contribution >= 4 is 18.3 Å². The number of benzene rings is 1. The van der Waals surface area contributed by atoms with E-state index in [0.29, 0.717) is 19.4 Å². The first-order chi connectivity index (χ1) is 9.93. The summed E-state index contributed by atoms with van der Waals surface area (Å²) < 4.78 is 31.2. The van der Waals surface area contributed by atoms with E-state index >= 15 is 0 Å². The molecule has 0 bridgehead atoms. The summed E-state index contributed by atoms with van der Waals surface area (Å²) >= 11 is 0. The summed E-state index contributed by atoms with van der Waals surface area (Å²) in [6.07, 6.45) is 1.48. The number of carbonyl (C=O) groups is 1. The quantitative estimate of drug-likeness (QED) is 0.681. The minimum atomic E-state index is -3.04. The van der Waals surface area contributed by atoms with Gasteiger partial charge in [-0.3, -0.25) is 4.79 Å². The summed E-state index contributed by atoms with van der Waals surface area (Å²) in [4.78, 5) is 11.4. The van der Waals surface area contributed by atoms with Crippen LogP contribution < -0.4 is 15.8 Å². The molecule has 7 heteroatoms. The number of hydrogen-bond acceptors (Lipinski definition) is 3. The second-order valence-electron chi connectivity index (χ2n) is 4.96. The lowest BCUT2D eigenvalue weighted by Gasteiger charge is -2.14. The molecule has 0 spiro atoms. The maximum atomic E-state index is 12.8. The van der Waals surface area contributed by atoms with E-state index in [2.05, 4.69) is 5.32 Å². The molecule has 0 atom stereocenters. The molecule has 0 radical (unpaired) electrons. The van der Waals surface area contributed by atoms with Crippen LogP contribution in [0.3, 0.4) is 0 Å². The fraction of sp³-hybridized carbons (Fsp3) is 0.533. The van der Waals surface area contributed by atoms with Crippen LogP contribution in [0.5, 0.6) is 5.75 Å². The Labute approximate surface area is 135 Å². The summed E-state index contributed by atoms with van der Waals surface area (Å²) in [5.41, 5.74) is 6.00. The molecule has 1 rings (SSSR count). The minimum absolute atomic E-state index is 0. The summed E-state index contributed by atoms with van der Waals surface area (Å²) in [6.45, 7) is 1.00. The lowest BCUT2D eigenvalue weighted by Crippen LogP contribution is -2.41. The van der Waals surface area contributed by atoms with Gasteiger partial charge in [0.2, 0.25) is 5.91 Å². The van der Waals surface area contributed by atoms with E-state index in [9.17, 15) is 13.6 Å². The first-order valence-corrected chi connectivity index (χ1v) is 6.97. The number of ether oxygens (including phenoxy) is 1. The molecule has 3 N–H and O–H groups in total. The van der Waals surface area contributed by atoms with Crippen molar-refractivity contribution in [1.29, 1.82) is 0 Å². The number of alkyl halides is 2. The van der Waals surface area contributed by atoms with Gasteiger partial charge in [-0.25, -0.2) is 8.78 Å². The summed E-state index contributed by atoms with van der Waals surface area (Å²) in [7, 11) is 0. The number of unbranched alkanes of at least 4 members (excludes halogenated alkanes) is 1. The van der Waals surface area contributed by atoms with Gasteiger partial charge in [-0.2, -0.15) is 0 Å². The van der Waals surface area contributed by atoms with Crippen LogP contribution in [0.2, 0.25) is 0 Å². The molecule has 0 heterocycles. The molecular weight excluding hydrogens is 314 g/mol. The minimum Gasteiger partial charge on any atom is -0.494 e. The Bertz CT molecular complexity index is 459. The number of aryl methyl sites for hydroxylation is 1. The summed E-state index contributed by atoms with van der Waals surface area (Å²) in [5, 5.41) is 2.18. The van der Waals surface area contributed by atoms with Gasteiger partial charge in [0.05, 0.1) is 19.7 Å². The Kier molecular flexibility index (Phi) is 9.69. The molecule has 126 valence electrons. The SMILES string of the molecule is Cc1cccc(OCCCCC(=O)NCC(F)(F)CN)c1.Cl. The zero-order chi connectivity index (χ0) is 15.7. The molecule has 0 fully saturated rings. The van der Waals surface area contributed by atoms with Crippen molar-refractivity contribution in [2.45, 2.75) is 32.1 Å². The molecule has 0 aliphatic rings. The Morgan fingerprint density at radius 1 is 1.36 bits per heavy atom. The van der Waals surface area contributed by atoms with Crippen LogP contribution >= 0.6 is 12.4 Å². The highest BCUT2D eigenvalue weighted by atomic mass is 35.5. The molecule has 0 saturated carbocycles. The van der Waals surface area contributed by atoms with Crippen molar-refractivity contribution in [3.05, 3.63) is 29.8 Å². The van der Waals surface area contributed by atoms with Gasteiger partial charge in [-0.15, -0.1) is 12.4 Å². The average Bonchev–Trinajstić information content (AvgIpc) is 2.45. The Hall–Kier alpha value is -1.40. The van der Waals surface area contributed by atoms with Crippen molar-refractivity contribution < 1.29 is 18.3 Å². The van der Waals surface area contributed by atoms with Gasteiger partial charge in [-0.05, 0) is 37.5 Å². The predicted molar refractivity (Wildman–Crippen MR) is 84.8 cm³/mol. The van der Waals surface area contributed by atoms with Gasteiger partial charge in [0.15, 0.2) is 0 Å². The van der Waals surface area contributed by atoms with Crippen LogP contribution in [-0.4, -0.2) is 31.5 Å². The van der Waals surface area contributed by atoms with Gasteiger partial charge in [0.25, 0.3) is 5.92 Å². The molecular formula is C15H23ClF2N2O2. The first kappa shape index (κ1) is 20.6. The highest BCUT2D eigenvalue weighted by molar-refractivity contribution is 5.85. The van der Waals surface area contributed by atoms with E-state index in [-0.39, 0.29) is 18.8 Å². The lowest BCUT2D eigenvalue weighted by atomic mass is 10.2. The zero-order valence-corrected chi connectivity index (χ0v) is 13.4. The number of hydrogen-bond donors (Lipinski definition) is 2. The molecule has 0 saturated heterocycles. The molecule has 4 nitrogen and oxygen atoms in total. The number of rotatable bonds is 9. The van der Waals surface area contributed by atoms with Crippen LogP contribution in [-0.2, 0) is 4.79 Å². The smallest absolute Gasteiger partial charge is 0.277 e. The van der Waals surface area contributed by atoms with E-state index in [1.807, 2.05) is 31.2 Å². The fourth-order valence-electron chi connectivity index (χ4n) is 1.67. The lowest BCUT2D eigenvalue weighted by molar-refractivity contribution is -0.123. The van der Waals surface area contributed by atoms with Gasteiger partial charge in [0.1, 0.15) is 5.75 Å². The third-order valence-corrected chi connectivity index (χ3v) is 2.90. The largest absolute Gasteiger partial charge is 0.494 e. The van der Waals surface area contributed by atoms with E-state index in [0.717, 1.165) is 11.3 Å². The Morgan fingerprint density at radius 2 is 2.09 bits per heavy atom. The number of nitrogens with one attached hydrogen (secondary N) is 1. The zero-order valence-electron chi connectivity index (χ0n) is 12.6. The van der Waals surface area contributed by atoms with Crippen molar-refractivity contribution in [3.8, 4) is 5.75 Å². The maximum Gasteiger partial charge on any atom is 0.277 e. The molecule has 22 heavy (non-hydrogen) atoms. The van der Waals surface area contributed by atoms with Crippen LogP contribution in [0.25, 0.3) is 0 Å². The number of amides is 1. The molecule has 1 aromatic carbocycles. The monoisotopic (exact) mass is 336 g/mol. The highest BCUT2D eigenvalue weighted by Gasteiger charge is 2.26. The van der Waals surface area contributed by atoms with Crippen LogP contribution in [0.4, 0.5) is 8.78 Å². The van der Waals surface area contributed by atoms with Crippen LogP contribution in [0.15, 0.2) is 24.3 Å². The summed E-state index contributed by atoms with van der Waals surface area (Å²) in [5.74, 6) is -2.63. The molecule has 0 aliphatic heterocycles. The second kappa shape index (κ2) is 10.3. The standard InChI is InChI=1S/C15H22F2N2O2.ClH/c1-12-5-4-6-13(9-12)21-8-3-2-7-14(20)19-11-15(16,17)10-18;/h4-6,9H,2-3,7-8,10-11,18H2,1H3,(H,19,20);1H. The van der Waals surface area contributed by atoms with E-state index in [1.54, 1.807) is 0 Å². The number of halogens is 3. The molecule has 1 aromatic rings. The molecule has 1 amide bonds. The Morgan fingerprint density at radius 3 is 2.73 bits per heavy atom. The van der Waals surface area contributed by atoms with Gasteiger partial charge >= 0.3 is 0 Å². The van der Waals surface area contributed by atoms with Gasteiger partial charge in [0, 0.05) is 6.42 Å². The summed E-state index contributed by atoms with van der Waals surface area (Å²) in [6, 6.07) is 7.69. The second-order valence-corrected chi connectivity index (χ2v) is 4.96. The first-order valence-electron chi connectivity index (χ1n) is 6.97. The fourth-order valence-corrected chi connectivity index (χ4v) is 1.67. The average molecular weight is 337 g/mol. The van der Waals surface area contributed by atoms with Crippen LogP contribution in [0.1, 0.15) is 24.8 Å². The third-order valence-electron chi connectivity index (χ3n) is 2.90. The highest BCUT2D eigenvalue weighted by Crippen LogP contribution is 2.13. The maximum absolute atomic E-state index is 12.8. The molecule has 0 unspecified atom stereocenters.